The van der Waals surface area contributed by atoms with Crippen LogP contribution in [0.15, 0.2) is 63.2 Å². The smallest absolute Gasteiger partial charge is 0.265 e. The van der Waals surface area contributed by atoms with Crippen LogP contribution in [0, 0.1) is 13.8 Å². The van der Waals surface area contributed by atoms with Crippen LogP contribution in [-0.4, -0.2) is 41.0 Å². The van der Waals surface area contributed by atoms with E-state index < -0.39 is 16.1 Å². The van der Waals surface area contributed by atoms with Crippen molar-refractivity contribution in [1.29, 1.82) is 0 Å². The first-order chi connectivity index (χ1) is 15.2. The van der Waals surface area contributed by atoms with Crippen LogP contribution in [0.5, 0.6) is 0 Å². The van der Waals surface area contributed by atoms with E-state index in [-0.39, 0.29) is 17.3 Å². The lowest BCUT2D eigenvalue weighted by Gasteiger charge is -2.23. The number of rotatable bonds is 5. The maximum absolute atomic E-state index is 13.4. The van der Waals surface area contributed by atoms with Gasteiger partial charge in [-0.1, -0.05) is 35.0 Å². The molecule has 0 unspecified atom stereocenters. The first-order valence-corrected chi connectivity index (χ1v) is 13.0. The molecule has 1 aromatic heterocycles. The average Bonchev–Trinajstić information content (AvgIpc) is 3.36. The third-order valence-corrected chi connectivity index (χ3v) is 9.11. The van der Waals surface area contributed by atoms with Gasteiger partial charge in [0.1, 0.15) is 6.04 Å². The second-order valence-corrected chi connectivity index (χ2v) is 11.4. The Morgan fingerprint density at radius 3 is 2.25 bits per heavy atom. The summed E-state index contributed by atoms with van der Waals surface area (Å²) < 4.78 is 29.0. The number of halogens is 2. The van der Waals surface area contributed by atoms with E-state index in [1.165, 1.54) is 45.0 Å². The summed E-state index contributed by atoms with van der Waals surface area (Å²) in [5.74, 6) is -0.344. The second-order valence-electron chi connectivity index (χ2n) is 7.53. The summed E-state index contributed by atoms with van der Waals surface area (Å²) >= 11 is 13.4. The molecule has 10 heteroatoms. The minimum Gasteiger partial charge on any atom is -0.271 e. The first-order valence-electron chi connectivity index (χ1n) is 10.00. The Bertz CT molecular complexity index is 1260. The number of sulfonamides is 1. The van der Waals surface area contributed by atoms with E-state index >= 15 is 0 Å². The van der Waals surface area contributed by atoms with Crippen molar-refractivity contribution in [2.24, 2.45) is 0 Å². The molecule has 2 heterocycles. The molecule has 32 heavy (non-hydrogen) atoms. The number of aromatic nitrogens is 2. The normalized spacial score (nSPS) is 17.1. The van der Waals surface area contributed by atoms with Crippen molar-refractivity contribution in [2.75, 3.05) is 6.54 Å². The van der Waals surface area contributed by atoms with Gasteiger partial charge in [-0.25, -0.2) is 13.1 Å². The Hall–Kier alpha value is -1.84. The number of nitrogens with zero attached hydrogens (tertiary/aromatic N) is 3. The molecule has 0 bridgehead atoms. The van der Waals surface area contributed by atoms with Crippen LogP contribution in [0.4, 0.5) is 0 Å². The van der Waals surface area contributed by atoms with E-state index in [4.69, 9.17) is 23.2 Å². The van der Waals surface area contributed by atoms with Gasteiger partial charge in [-0.2, -0.15) is 9.40 Å². The predicted molar refractivity (Wildman–Crippen MR) is 126 cm³/mol. The van der Waals surface area contributed by atoms with E-state index in [2.05, 4.69) is 5.10 Å². The maximum Gasteiger partial charge on any atom is 0.265 e. The van der Waals surface area contributed by atoms with E-state index in [0.29, 0.717) is 34.3 Å². The first kappa shape index (κ1) is 23.3. The third kappa shape index (κ3) is 4.47. The molecule has 1 aliphatic heterocycles. The summed E-state index contributed by atoms with van der Waals surface area (Å²) in [7, 11) is -3.83. The zero-order chi connectivity index (χ0) is 23.0. The van der Waals surface area contributed by atoms with Gasteiger partial charge >= 0.3 is 0 Å². The lowest BCUT2D eigenvalue weighted by molar-refractivity contribution is 0.0813. The highest BCUT2D eigenvalue weighted by atomic mass is 35.5. The van der Waals surface area contributed by atoms with Crippen LogP contribution in [0.25, 0.3) is 0 Å². The lowest BCUT2D eigenvalue weighted by atomic mass is 10.2. The Morgan fingerprint density at radius 2 is 1.62 bits per heavy atom. The topological polar surface area (TPSA) is 72.3 Å². The van der Waals surface area contributed by atoms with E-state index in [9.17, 15) is 13.2 Å². The minimum absolute atomic E-state index is 0.119. The van der Waals surface area contributed by atoms with Gasteiger partial charge in [0.2, 0.25) is 10.0 Å². The molecule has 6 nitrogen and oxygen atoms in total. The SMILES string of the molecule is Cc1nn(C(=O)[C@@H]2CCCN2S(=O)(=O)c2ccc(Cl)cc2)c(C)c1Sc1ccc(Cl)cc1. The fraction of sp³-hybridized carbons (Fsp3) is 0.273. The molecule has 0 amide bonds. The molecular weight excluding hydrogens is 489 g/mol. The van der Waals surface area contributed by atoms with Crippen LogP contribution in [0.1, 0.15) is 29.0 Å². The number of aryl methyl sites for hydroxylation is 1. The Labute approximate surface area is 201 Å². The number of carbonyl (C=O) groups is 1. The van der Waals surface area contributed by atoms with Crippen molar-refractivity contribution in [3.63, 3.8) is 0 Å². The molecule has 0 spiro atoms. The second kappa shape index (κ2) is 9.19. The Kier molecular flexibility index (Phi) is 6.70. The zero-order valence-electron chi connectivity index (χ0n) is 17.5. The van der Waals surface area contributed by atoms with Crippen molar-refractivity contribution < 1.29 is 13.2 Å². The van der Waals surface area contributed by atoms with Gasteiger partial charge in [0.15, 0.2) is 0 Å². The largest absolute Gasteiger partial charge is 0.271 e. The summed E-state index contributed by atoms with van der Waals surface area (Å²) in [6.45, 7) is 3.95. The van der Waals surface area contributed by atoms with Gasteiger partial charge < -0.3 is 0 Å². The summed E-state index contributed by atoms with van der Waals surface area (Å²) in [5.41, 5.74) is 1.39. The third-order valence-electron chi connectivity index (χ3n) is 5.38. The quantitative estimate of drug-likeness (QED) is 0.457. The molecule has 0 saturated carbocycles. The van der Waals surface area contributed by atoms with Gasteiger partial charge in [-0.15, -0.1) is 0 Å². The molecule has 168 valence electrons. The number of benzene rings is 2. The van der Waals surface area contributed by atoms with Crippen LogP contribution in [0.3, 0.4) is 0 Å². The van der Waals surface area contributed by atoms with Crippen LogP contribution >= 0.6 is 35.0 Å². The fourth-order valence-corrected chi connectivity index (χ4v) is 6.60. The molecule has 1 atom stereocenters. The van der Waals surface area contributed by atoms with Crippen molar-refractivity contribution in [2.45, 2.75) is 47.4 Å². The number of hydrogen-bond donors (Lipinski definition) is 0. The summed E-state index contributed by atoms with van der Waals surface area (Å²) in [4.78, 5) is 15.4. The van der Waals surface area contributed by atoms with E-state index in [0.717, 1.165) is 9.79 Å². The van der Waals surface area contributed by atoms with Crippen molar-refractivity contribution in [3.05, 3.63) is 70.0 Å². The minimum atomic E-state index is -3.83. The van der Waals surface area contributed by atoms with Gasteiger partial charge in [0, 0.05) is 21.5 Å². The molecule has 1 aliphatic rings. The summed E-state index contributed by atoms with van der Waals surface area (Å²) in [6.07, 6.45) is 1.05. The van der Waals surface area contributed by atoms with Crippen molar-refractivity contribution in [1.82, 2.24) is 14.1 Å². The van der Waals surface area contributed by atoms with E-state index in [1.807, 2.05) is 38.1 Å². The molecule has 3 aromatic rings. The van der Waals surface area contributed by atoms with Crippen LogP contribution in [-0.2, 0) is 10.0 Å². The maximum atomic E-state index is 13.4. The van der Waals surface area contributed by atoms with Crippen molar-refractivity contribution >= 4 is 50.9 Å². The van der Waals surface area contributed by atoms with Crippen LogP contribution < -0.4 is 0 Å². The average molecular weight is 510 g/mol. The molecule has 4 rings (SSSR count). The molecule has 2 aromatic carbocycles. The Morgan fingerprint density at radius 1 is 1.03 bits per heavy atom. The molecule has 0 N–H and O–H groups in total. The van der Waals surface area contributed by atoms with Gasteiger partial charge in [0.05, 0.1) is 21.2 Å². The van der Waals surface area contributed by atoms with Gasteiger partial charge in [-0.3, -0.25) is 4.79 Å². The Balaban J connectivity index is 1.62. The van der Waals surface area contributed by atoms with Crippen LogP contribution in [0.2, 0.25) is 10.0 Å². The highest BCUT2D eigenvalue weighted by Gasteiger charge is 2.41. The highest BCUT2D eigenvalue weighted by molar-refractivity contribution is 7.99. The molecule has 0 radical (unpaired) electrons. The predicted octanol–water partition coefficient (Wildman–Crippen LogP) is 5.45. The van der Waals surface area contributed by atoms with Gasteiger partial charge in [0.25, 0.3) is 5.91 Å². The highest BCUT2D eigenvalue weighted by Crippen LogP contribution is 2.34. The monoisotopic (exact) mass is 509 g/mol. The standard InChI is InChI=1S/C22H21Cl2N3O3S2/c1-14-21(31-18-9-5-16(23)6-10-18)15(2)27(25-14)22(28)20-4-3-13-26(20)32(29,30)19-11-7-17(24)8-12-19/h5-12,20H,3-4,13H2,1-2H3/t20-/m0/s1. The molecule has 1 saturated heterocycles. The van der Waals surface area contributed by atoms with Crippen molar-refractivity contribution in [3.8, 4) is 0 Å². The molecule has 0 aliphatic carbocycles. The number of carbonyl (C=O) groups excluding carboxylic acids is 1. The fourth-order valence-electron chi connectivity index (χ4n) is 3.77. The summed E-state index contributed by atoms with van der Waals surface area (Å²) in [5, 5.41) is 5.55. The van der Waals surface area contributed by atoms with E-state index in [1.54, 1.807) is 0 Å². The van der Waals surface area contributed by atoms with Gasteiger partial charge in [-0.05, 0) is 75.2 Å². The molecule has 1 fully saturated rings. The lowest BCUT2D eigenvalue weighted by Crippen LogP contribution is -2.43. The summed E-state index contributed by atoms with van der Waals surface area (Å²) in [6, 6.07) is 12.6. The molecular formula is C22H21Cl2N3O3S2. The number of hydrogen-bond acceptors (Lipinski definition) is 5. The zero-order valence-corrected chi connectivity index (χ0v) is 20.6.